The Morgan fingerprint density at radius 1 is 0.771 bits per heavy atom. The van der Waals surface area contributed by atoms with Crippen LogP contribution in [0.1, 0.15) is 170 Å². The molecule has 0 aliphatic carbocycles. The number of carbonyl (C=O) groups excluding carboxylic acids is 11. The highest BCUT2D eigenvalue weighted by molar-refractivity contribution is 8.00. The smallest absolute Gasteiger partial charge is 0.410 e. The van der Waals surface area contributed by atoms with E-state index in [1.165, 1.54) is 42.8 Å². The molecule has 96 heavy (non-hydrogen) atoms. The van der Waals surface area contributed by atoms with Crippen molar-refractivity contribution in [1.82, 2.24) is 35.6 Å². The summed E-state index contributed by atoms with van der Waals surface area (Å²) in [6, 6.07) is 11.4. The second-order valence-corrected chi connectivity index (χ2v) is 28.1. The van der Waals surface area contributed by atoms with Gasteiger partial charge in [0, 0.05) is 91.2 Å². The molecule has 13 atom stereocenters. The number of likely N-dealkylation sites (N-methyl/N-ethyl adjacent to an activating group) is 2. The Morgan fingerprint density at radius 2 is 1.44 bits per heavy atom. The van der Waals surface area contributed by atoms with E-state index >= 15 is 0 Å². The first-order valence-corrected chi connectivity index (χ1v) is 35.4. The number of methoxy groups -OCH3 is 2. The van der Waals surface area contributed by atoms with Crippen molar-refractivity contribution < 1.29 is 72.1 Å². The lowest BCUT2D eigenvalue weighted by Crippen LogP contribution is -2.55. The van der Waals surface area contributed by atoms with Gasteiger partial charge < -0.3 is 61.0 Å². The van der Waals surface area contributed by atoms with Crippen molar-refractivity contribution in [2.75, 3.05) is 59.5 Å². The van der Waals surface area contributed by atoms with Crippen LogP contribution in [0.15, 0.2) is 54.6 Å². The van der Waals surface area contributed by atoms with Gasteiger partial charge in [0.1, 0.15) is 6.61 Å². The van der Waals surface area contributed by atoms with Crippen molar-refractivity contribution >= 4 is 82.5 Å². The average Bonchev–Trinajstić information content (AvgIpc) is 1.42. The fourth-order valence-corrected chi connectivity index (χ4v) is 13.8. The lowest BCUT2D eigenvalue weighted by Gasteiger charge is -2.41. The molecule has 2 fully saturated rings. The molecule has 24 nitrogen and oxygen atoms in total. The maximum Gasteiger partial charge on any atom is 0.410 e. The molecule has 2 aliphatic rings. The predicted octanol–water partition coefficient (Wildman–Crippen LogP) is 7.82. The molecule has 2 aromatic carbocycles. The molecule has 2 aromatic rings. The molecule has 2 heterocycles. The number of thioether (sulfide) groups is 1. The molecule has 2 saturated heterocycles. The number of Topliss-reactive ketones (excluding diaryl/α,β-unsaturated/α-hetero) is 2. The number of anilines is 1. The number of nitrogens with one attached hydrogen (secondary N) is 4. The summed E-state index contributed by atoms with van der Waals surface area (Å²) in [5.74, 6) is -6.19. The number of amides is 10. The van der Waals surface area contributed by atoms with Gasteiger partial charge in [-0.25, -0.2) is 9.59 Å². The summed E-state index contributed by atoms with van der Waals surface area (Å²) in [4.78, 5) is 155. The lowest BCUT2D eigenvalue weighted by molar-refractivity contribution is -0.149. The number of nitrogens with two attached hydrogens (primary N) is 1. The standard InChI is InChI=1S/C71H111N9O15S/c1-16-45(8)63(56(93-13)39-59(84)79-36-24-28-53(79)65(94-14)46(9)66(87)74-47(10)64(86)49-25-19-17-20-26-49)77(11)68(89)52(42(2)3)38-55(82)62(44(6)7)78(12)71(92)95-41-48-30-32-51(33-31-48)75-67(88)50(27-23-34-73-70(72)91)37-54(81)61(43(4)5)76-58(83)29-21-18-22-35-80-60(85)40-57(96-15)69(80)90/h17,19-20,25-26,30-33,42-47,50,52-53,56-57,61-65,86H,16,18,21-24,27-29,34-41H2,1-15H3,(H,74,87)(H,75,88)(H,76,83)(H3,72,73,91)/t45-,46+,47-,50+,52-,53-,56+,57?,61-,62-,63-,64-,65?/m0/s1. The Kier molecular flexibility index (Phi) is 34.0. The van der Waals surface area contributed by atoms with Gasteiger partial charge in [0.15, 0.2) is 11.6 Å². The van der Waals surface area contributed by atoms with E-state index in [1.54, 1.807) is 87.2 Å². The number of urea groups is 1. The summed E-state index contributed by atoms with van der Waals surface area (Å²) in [7, 11) is 6.20. The van der Waals surface area contributed by atoms with Crippen molar-refractivity contribution in [3.8, 4) is 0 Å². The molecule has 0 aromatic heterocycles. The van der Waals surface area contributed by atoms with Gasteiger partial charge in [-0.1, -0.05) is 118 Å². The van der Waals surface area contributed by atoms with E-state index < -0.39 is 84.3 Å². The molecule has 0 saturated carbocycles. The van der Waals surface area contributed by atoms with Crippen molar-refractivity contribution in [2.24, 2.45) is 47.2 Å². The Hall–Kier alpha value is -6.96. The highest BCUT2D eigenvalue weighted by Crippen LogP contribution is 2.33. The minimum Gasteiger partial charge on any atom is -0.445 e. The Bertz CT molecular complexity index is 2900. The summed E-state index contributed by atoms with van der Waals surface area (Å²) in [6.07, 6.45) is 2.60. The number of benzene rings is 2. The first-order chi connectivity index (χ1) is 45.4. The van der Waals surface area contributed by atoms with Gasteiger partial charge in [0.2, 0.25) is 41.4 Å². The molecule has 536 valence electrons. The number of aliphatic hydroxyl groups is 1. The number of likely N-dealkylation sites (tertiary alicyclic amines) is 2. The summed E-state index contributed by atoms with van der Waals surface area (Å²) in [5, 5.41) is 21.8. The highest BCUT2D eigenvalue weighted by Gasteiger charge is 2.45. The number of unbranched alkanes of at least 4 members (excludes halogenated alkanes) is 2. The second-order valence-electron chi connectivity index (χ2n) is 27.0. The average molecular weight is 1360 g/mol. The number of imide groups is 1. The third-order valence-corrected chi connectivity index (χ3v) is 19.9. The van der Waals surface area contributed by atoms with Crippen LogP contribution in [0, 0.1) is 41.4 Å². The third-order valence-electron chi connectivity index (χ3n) is 19.0. The summed E-state index contributed by atoms with van der Waals surface area (Å²) >= 11 is 1.35. The number of ketones is 2. The second kappa shape index (κ2) is 40.1. The van der Waals surface area contributed by atoms with E-state index in [9.17, 15) is 57.8 Å². The van der Waals surface area contributed by atoms with Crippen LogP contribution >= 0.6 is 11.8 Å². The number of ether oxygens (including phenoxy) is 3. The number of rotatable bonds is 41. The maximum absolute atomic E-state index is 14.9. The van der Waals surface area contributed by atoms with Gasteiger partial charge in [-0.2, -0.15) is 11.8 Å². The maximum atomic E-state index is 14.9. The zero-order chi connectivity index (χ0) is 71.7. The largest absolute Gasteiger partial charge is 0.445 e. The number of aliphatic hydroxyl groups excluding tert-OH is 1. The van der Waals surface area contributed by atoms with Crippen LogP contribution in [0.5, 0.6) is 0 Å². The molecule has 25 heteroatoms. The quantitative estimate of drug-likeness (QED) is 0.0273. The van der Waals surface area contributed by atoms with E-state index in [1.807, 2.05) is 59.7 Å². The molecule has 0 radical (unpaired) electrons. The number of nitrogens with zero attached hydrogens (tertiary/aromatic N) is 4. The van der Waals surface area contributed by atoms with Crippen LogP contribution in [0.2, 0.25) is 0 Å². The Balaban J connectivity index is 1.37. The van der Waals surface area contributed by atoms with Crippen LogP contribution in [0.25, 0.3) is 0 Å². The van der Waals surface area contributed by atoms with Crippen molar-refractivity contribution in [3.63, 3.8) is 0 Å². The normalized spacial score (nSPS) is 18.3. The molecule has 0 bridgehead atoms. The number of hydrogen-bond donors (Lipinski definition) is 6. The van der Waals surface area contributed by atoms with Gasteiger partial charge in [-0.15, -0.1) is 0 Å². The van der Waals surface area contributed by atoms with Crippen LogP contribution in [0.4, 0.5) is 15.3 Å². The molecule has 10 amide bonds. The topological polar surface area (TPSA) is 323 Å². The van der Waals surface area contributed by atoms with Gasteiger partial charge in [-0.05, 0) is 98.6 Å². The van der Waals surface area contributed by atoms with E-state index in [4.69, 9.17) is 19.9 Å². The molecule has 0 spiro atoms. The van der Waals surface area contributed by atoms with Crippen LogP contribution < -0.4 is 27.0 Å². The first kappa shape index (κ1) is 81.5. The van der Waals surface area contributed by atoms with Gasteiger partial charge in [0.05, 0.1) is 66.1 Å². The van der Waals surface area contributed by atoms with Gasteiger partial charge in [-0.3, -0.25) is 48.1 Å². The van der Waals surface area contributed by atoms with Crippen LogP contribution in [0.3, 0.4) is 0 Å². The van der Waals surface area contributed by atoms with Crippen molar-refractivity contribution in [3.05, 3.63) is 65.7 Å². The Morgan fingerprint density at radius 3 is 2.01 bits per heavy atom. The minimum absolute atomic E-state index is 0.0694. The van der Waals surface area contributed by atoms with Crippen molar-refractivity contribution in [1.29, 1.82) is 0 Å². The number of carbonyl (C=O) groups is 11. The molecular weight excluding hydrogens is 1250 g/mol. The molecular formula is C71H111N9O15S. The predicted molar refractivity (Wildman–Crippen MR) is 369 cm³/mol. The first-order valence-electron chi connectivity index (χ1n) is 34.1. The summed E-state index contributed by atoms with van der Waals surface area (Å²) in [6.45, 7) is 19.1. The van der Waals surface area contributed by atoms with Crippen LogP contribution in [-0.4, -0.2) is 192 Å². The summed E-state index contributed by atoms with van der Waals surface area (Å²) in [5.41, 5.74) is 6.89. The molecule has 7 N–H and O–H groups in total. The fraction of sp³-hybridized carbons (Fsp3) is 0.676. The molecule has 4 rings (SSSR count). The van der Waals surface area contributed by atoms with E-state index in [0.29, 0.717) is 74.8 Å². The monoisotopic (exact) mass is 1360 g/mol. The molecule has 2 aliphatic heterocycles. The third kappa shape index (κ3) is 23.7. The summed E-state index contributed by atoms with van der Waals surface area (Å²) < 4.78 is 17.8. The Labute approximate surface area is 573 Å². The molecule has 2 unspecified atom stereocenters. The fourth-order valence-electron chi connectivity index (χ4n) is 13.1. The minimum atomic E-state index is -0.970. The SMILES string of the molecule is CC[C@H](C)[C@@H]([C@@H](CC(=O)N1CCC[C@H]1C(OC)[C@@H](C)C(=O)N[C@@H](C)[C@H](O)c1ccccc1)OC)N(C)C(=O)[C@@H](CC(=O)[C@H](C(C)C)N(C)C(=O)OCc1ccc(NC(=O)[C@H](CCCNC(N)=O)CC(=O)[C@@H](NC(=O)CCCCCN2C(=O)CC(SC)C2=O)C(C)C)cc1)C(C)C. The number of hydrogen-bond acceptors (Lipinski definition) is 16. The van der Waals surface area contributed by atoms with Gasteiger partial charge in [0.25, 0.3) is 0 Å². The van der Waals surface area contributed by atoms with Gasteiger partial charge >= 0.3 is 12.1 Å². The van der Waals surface area contributed by atoms with E-state index in [0.717, 1.165) is 0 Å². The number of primary amides is 1. The van der Waals surface area contributed by atoms with E-state index in [-0.39, 0.29) is 128 Å². The zero-order valence-corrected chi connectivity index (χ0v) is 60.2. The zero-order valence-electron chi connectivity index (χ0n) is 59.4. The van der Waals surface area contributed by atoms with Crippen LogP contribution in [-0.2, 0) is 64.0 Å². The van der Waals surface area contributed by atoms with E-state index in [2.05, 4.69) is 21.3 Å². The van der Waals surface area contributed by atoms with Crippen molar-refractivity contribution in [2.45, 2.75) is 213 Å². The highest BCUT2D eigenvalue weighted by atomic mass is 32.2. The lowest BCUT2D eigenvalue weighted by atomic mass is 9.83.